The molecule has 4 N–H and O–H groups in total. The molecule has 0 aliphatic carbocycles. The molecular weight excluding hydrogens is 210 g/mol. The molecule has 0 saturated carbocycles. The van der Waals surface area contributed by atoms with E-state index in [9.17, 15) is 5.11 Å². The maximum atomic E-state index is 9.52. The van der Waals surface area contributed by atoms with Crippen molar-refractivity contribution in [3.8, 4) is 5.75 Å². The van der Waals surface area contributed by atoms with Gasteiger partial charge >= 0.3 is 0 Å². The molecule has 1 saturated heterocycles. The van der Waals surface area contributed by atoms with Gasteiger partial charge in [-0.25, -0.2) is 0 Å². The van der Waals surface area contributed by atoms with E-state index in [1.165, 1.54) is 0 Å². The third kappa shape index (κ3) is 2.44. The summed E-state index contributed by atoms with van der Waals surface area (Å²) >= 11 is 0. The number of aromatic hydroxyl groups is 1. The molecule has 0 radical (unpaired) electrons. The summed E-state index contributed by atoms with van der Waals surface area (Å²) in [5.41, 5.74) is 0.800. The largest absolute Gasteiger partial charge is 0.508 e. The Morgan fingerprint density at radius 3 is 2.56 bits per heavy atom. The van der Waals surface area contributed by atoms with Gasteiger partial charge in [-0.3, -0.25) is 0 Å². The average Bonchev–Trinajstić information content (AvgIpc) is 2.62. The van der Waals surface area contributed by atoms with Crippen molar-refractivity contribution in [3.63, 3.8) is 0 Å². The van der Waals surface area contributed by atoms with Crippen molar-refractivity contribution < 1.29 is 20.1 Å². The van der Waals surface area contributed by atoms with Crippen LogP contribution < -0.4 is 5.32 Å². The number of phenolic OH excluding ortho intramolecular Hbond substituents is 1. The van der Waals surface area contributed by atoms with Gasteiger partial charge in [0.25, 0.3) is 0 Å². The van der Waals surface area contributed by atoms with Gasteiger partial charge in [-0.2, -0.15) is 0 Å². The predicted molar refractivity (Wildman–Crippen MR) is 58.1 cm³/mol. The second-order valence-corrected chi connectivity index (χ2v) is 3.84. The molecule has 5 nitrogen and oxygen atoms in total. The summed E-state index contributed by atoms with van der Waals surface area (Å²) in [7, 11) is 0. The number of nitrogens with one attached hydrogen (secondary N) is 1. The van der Waals surface area contributed by atoms with E-state index in [1.807, 2.05) is 0 Å². The van der Waals surface area contributed by atoms with Crippen LogP contribution in [0, 0.1) is 0 Å². The Labute approximate surface area is 93.3 Å². The first-order valence-corrected chi connectivity index (χ1v) is 5.19. The summed E-state index contributed by atoms with van der Waals surface area (Å²) in [4.78, 5) is 0. The number of hydrogen-bond donors (Lipinski definition) is 4. The maximum Gasteiger partial charge on any atom is 0.130 e. The minimum Gasteiger partial charge on any atom is -0.508 e. The van der Waals surface area contributed by atoms with Crippen molar-refractivity contribution in [2.24, 2.45) is 0 Å². The molecule has 2 rings (SSSR count). The zero-order chi connectivity index (χ0) is 11.5. The number of benzene rings is 1. The van der Waals surface area contributed by atoms with E-state index in [1.54, 1.807) is 24.3 Å². The van der Waals surface area contributed by atoms with Crippen LogP contribution in [0.5, 0.6) is 5.75 Å². The van der Waals surface area contributed by atoms with E-state index in [4.69, 9.17) is 14.9 Å². The highest BCUT2D eigenvalue weighted by Gasteiger charge is 2.33. The lowest BCUT2D eigenvalue weighted by Gasteiger charge is -2.14. The van der Waals surface area contributed by atoms with Gasteiger partial charge in [0.1, 0.15) is 18.1 Å². The minimum atomic E-state index is -0.639. The molecule has 3 unspecified atom stereocenters. The van der Waals surface area contributed by atoms with Crippen molar-refractivity contribution in [1.29, 1.82) is 0 Å². The van der Waals surface area contributed by atoms with Gasteiger partial charge in [0.2, 0.25) is 0 Å². The fraction of sp³-hybridized carbons (Fsp3) is 0.455. The molecule has 0 spiro atoms. The predicted octanol–water partition coefficient (Wildman–Crippen LogP) is 0.272. The van der Waals surface area contributed by atoms with E-state index in [2.05, 4.69) is 5.32 Å². The van der Waals surface area contributed by atoms with Crippen LogP contribution in [0.25, 0.3) is 0 Å². The zero-order valence-corrected chi connectivity index (χ0v) is 8.71. The standard InChI is InChI=1S/C11H15NO4/c13-6-10-9(15)5-11(16-10)12-7-1-3-8(14)4-2-7/h1-4,9-15H,5-6H2. The molecule has 1 aromatic rings. The summed E-state index contributed by atoms with van der Waals surface area (Å²) < 4.78 is 5.38. The smallest absolute Gasteiger partial charge is 0.130 e. The molecule has 1 aliphatic heterocycles. The van der Waals surface area contributed by atoms with Crippen LogP contribution in [-0.2, 0) is 4.74 Å². The Hall–Kier alpha value is -1.30. The Balaban J connectivity index is 1.94. The molecule has 88 valence electrons. The van der Waals surface area contributed by atoms with Gasteiger partial charge < -0.3 is 25.4 Å². The molecule has 0 amide bonds. The first-order chi connectivity index (χ1) is 7.69. The number of aliphatic hydroxyl groups excluding tert-OH is 2. The van der Waals surface area contributed by atoms with Crippen molar-refractivity contribution in [1.82, 2.24) is 0 Å². The second kappa shape index (κ2) is 4.69. The van der Waals surface area contributed by atoms with Gasteiger partial charge in [-0.05, 0) is 24.3 Å². The number of phenols is 1. The van der Waals surface area contributed by atoms with E-state index >= 15 is 0 Å². The number of anilines is 1. The molecule has 3 atom stereocenters. The molecule has 1 aliphatic rings. The summed E-state index contributed by atoms with van der Waals surface area (Å²) in [5, 5.41) is 30.6. The van der Waals surface area contributed by atoms with Gasteiger partial charge in [-0.15, -0.1) is 0 Å². The van der Waals surface area contributed by atoms with Crippen LogP contribution in [-0.4, -0.2) is 40.4 Å². The summed E-state index contributed by atoms with van der Waals surface area (Å²) in [6.45, 7) is -0.186. The summed E-state index contributed by atoms with van der Waals surface area (Å²) in [6, 6.07) is 6.57. The van der Waals surface area contributed by atoms with E-state index in [0.717, 1.165) is 5.69 Å². The number of rotatable bonds is 3. The molecule has 1 fully saturated rings. The molecular formula is C11H15NO4. The Morgan fingerprint density at radius 1 is 1.31 bits per heavy atom. The quantitative estimate of drug-likeness (QED) is 0.555. The summed E-state index contributed by atoms with van der Waals surface area (Å²) in [5.74, 6) is 0.200. The van der Waals surface area contributed by atoms with Crippen LogP contribution in [0.1, 0.15) is 6.42 Å². The van der Waals surface area contributed by atoms with Crippen molar-refractivity contribution in [3.05, 3.63) is 24.3 Å². The van der Waals surface area contributed by atoms with Crippen LogP contribution in [0.3, 0.4) is 0 Å². The molecule has 0 bridgehead atoms. The van der Waals surface area contributed by atoms with Gasteiger partial charge in [-0.1, -0.05) is 0 Å². The van der Waals surface area contributed by atoms with E-state index in [0.29, 0.717) is 6.42 Å². The first-order valence-electron chi connectivity index (χ1n) is 5.19. The van der Waals surface area contributed by atoms with Crippen LogP contribution in [0.4, 0.5) is 5.69 Å². The summed E-state index contributed by atoms with van der Waals surface area (Å²) in [6.07, 6.45) is -1.03. The van der Waals surface area contributed by atoms with Crippen molar-refractivity contribution in [2.75, 3.05) is 11.9 Å². The van der Waals surface area contributed by atoms with Gasteiger partial charge in [0.05, 0.1) is 12.7 Å². The third-order valence-corrected chi connectivity index (χ3v) is 2.60. The number of aliphatic hydroxyl groups is 2. The lowest BCUT2D eigenvalue weighted by atomic mass is 10.2. The Morgan fingerprint density at radius 2 is 2.00 bits per heavy atom. The average molecular weight is 225 g/mol. The lowest BCUT2D eigenvalue weighted by molar-refractivity contribution is -0.0149. The number of ether oxygens (including phenoxy) is 1. The topological polar surface area (TPSA) is 82.0 Å². The van der Waals surface area contributed by atoms with Crippen LogP contribution in [0.2, 0.25) is 0 Å². The fourth-order valence-electron chi connectivity index (χ4n) is 1.73. The highest BCUT2D eigenvalue weighted by atomic mass is 16.5. The lowest BCUT2D eigenvalue weighted by Crippen LogP contribution is -2.25. The van der Waals surface area contributed by atoms with Crippen LogP contribution >= 0.6 is 0 Å². The normalized spacial score (nSPS) is 29.2. The molecule has 0 aromatic heterocycles. The van der Waals surface area contributed by atoms with Gasteiger partial charge in [0, 0.05) is 12.1 Å². The fourth-order valence-corrected chi connectivity index (χ4v) is 1.73. The number of hydrogen-bond acceptors (Lipinski definition) is 5. The monoisotopic (exact) mass is 225 g/mol. The first kappa shape index (κ1) is 11.2. The van der Waals surface area contributed by atoms with Crippen molar-refractivity contribution in [2.45, 2.75) is 24.9 Å². The zero-order valence-electron chi connectivity index (χ0n) is 8.71. The SMILES string of the molecule is OCC1OC(Nc2ccc(O)cc2)CC1O. The molecule has 1 heterocycles. The molecule has 5 heteroatoms. The van der Waals surface area contributed by atoms with E-state index < -0.39 is 12.2 Å². The third-order valence-electron chi connectivity index (χ3n) is 2.60. The molecule has 16 heavy (non-hydrogen) atoms. The minimum absolute atomic E-state index is 0.186. The Kier molecular flexibility index (Phi) is 3.28. The highest BCUT2D eigenvalue weighted by molar-refractivity contribution is 5.46. The van der Waals surface area contributed by atoms with Crippen LogP contribution in [0.15, 0.2) is 24.3 Å². The second-order valence-electron chi connectivity index (χ2n) is 3.84. The Bertz CT molecular complexity index is 340. The van der Waals surface area contributed by atoms with Gasteiger partial charge in [0.15, 0.2) is 0 Å². The highest BCUT2D eigenvalue weighted by Crippen LogP contribution is 2.23. The van der Waals surface area contributed by atoms with Crippen molar-refractivity contribution >= 4 is 5.69 Å². The maximum absolute atomic E-state index is 9.52. The molecule has 1 aromatic carbocycles. The van der Waals surface area contributed by atoms with E-state index in [-0.39, 0.29) is 18.6 Å².